The van der Waals surface area contributed by atoms with Crippen molar-refractivity contribution in [3.05, 3.63) is 17.5 Å². The van der Waals surface area contributed by atoms with E-state index < -0.39 is 0 Å². The third kappa shape index (κ3) is 1.69. The van der Waals surface area contributed by atoms with Crippen LogP contribution in [-0.4, -0.2) is 9.78 Å². The van der Waals surface area contributed by atoms with Gasteiger partial charge in [0.15, 0.2) is 0 Å². The lowest BCUT2D eigenvalue weighted by Gasteiger charge is -2.07. The lowest BCUT2D eigenvalue weighted by Crippen LogP contribution is -2.12. The number of hydrogen-bond donors (Lipinski definition) is 1. The van der Waals surface area contributed by atoms with Gasteiger partial charge in [0.25, 0.3) is 0 Å². The molecule has 0 bridgehead atoms. The molecule has 2 rings (SSSR count). The van der Waals surface area contributed by atoms with Crippen molar-refractivity contribution < 1.29 is 0 Å². The smallest absolute Gasteiger partial charge is 0.0653 e. The van der Waals surface area contributed by atoms with Gasteiger partial charge in [-0.15, -0.1) is 0 Å². The maximum atomic E-state index is 5.93. The highest BCUT2D eigenvalue weighted by Crippen LogP contribution is 2.37. The minimum absolute atomic E-state index is 0.0931. The van der Waals surface area contributed by atoms with Crippen molar-refractivity contribution in [3.8, 4) is 0 Å². The molecule has 0 radical (unpaired) electrons. The topological polar surface area (TPSA) is 43.8 Å². The summed E-state index contributed by atoms with van der Waals surface area (Å²) in [5.41, 5.74) is 8.29. The minimum atomic E-state index is 0.0931. The molecule has 0 spiro atoms. The average Bonchev–Trinajstić information content (AvgIpc) is 2.83. The maximum absolute atomic E-state index is 5.93. The first-order chi connectivity index (χ1) is 6.59. The van der Waals surface area contributed by atoms with E-state index in [0.29, 0.717) is 12.0 Å². The molecule has 1 aliphatic carbocycles. The summed E-state index contributed by atoms with van der Waals surface area (Å²) >= 11 is 0. The van der Waals surface area contributed by atoms with Crippen LogP contribution in [0.15, 0.2) is 6.07 Å². The fourth-order valence-electron chi connectivity index (χ4n) is 1.66. The van der Waals surface area contributed by atoms with E-state index in [9.17, 15) is 0 Å². The summed E-state index contributed by atoms with van der Waals surface area (Å²) in [5.74, 6) is 0.493. The van der Waals surface area contributed by atoms with Crippen molar-refractivity contribution >= 4 is 0 Å². The fourth-order valence-corrected chi connectivity index (χ4v) is 1.66. The zero-order valence-electron chi connectivity index (χ0n) is 9.20. The van der Waals surface area contributed by atoms with E-state index in [0.717, 1.165) is 0 Å². The molecule has 0 aromatic carbocycles. The zero-order valence-corrected chi connectivity index (χ0v) is 9.20. The molecule has 1 aliphatic rings. The second-order valence-corrected chi connectivity index (χ2v) is 4.61. The van der Waals surface area contributed by atoms with Crippen molar-refractivity contribution in [1.82, 2.24) is 9.78 Å². The van der Waals surface area contributed by atoms with Crippen molar-refractivity contribution in [2.24, 2.45) is 5.73 Å². The first-order valence-electron chi connectivity index (χ1n) is 5.44. The summed E-state index contributed by atoms with van der Waals surface area (Å²) in [6.07, 6.45) is 2.53. The number of nitrogens with zero attached hydrogens (tertiary/aromatic N) is 2. The molecule has 3 nitrogen and oxygen atoms in total. The molecular formula is C11H19N3. The maximum Gasteiger partial charge on any atom is 0.0653 e. The zero-order chi connectivity index (χ0) is 10.3. The molecule has 1 aromatic heterocycles. The summed E-state index contributed by atoms with van der Waals surface area (Å²) in [7, 11) is 0. The molecule has 78 valence electrons. The Hall–Kier alpha value is -0.830. The van der Waals surface area contributed by atoms with E-state index in [1.807, 2.05) is 6.92 Å². The second-order valence-electron chi connectivity index (χ2n) is 4.61. The van der Waals surface area contributed by atoms with E-state index in [2.05, 4.69) is 29.7 Å². The highest BCUT2D eigenvalue weighted by atomic mass is 15.3. The van der Waals surface area contributed by atoms with Crippen LogP contribution >= 0.6 is 0 Å². The van der Waals surface area contributed by atoms with Crippen molar-refractivity contribution in [2.45, 2.75) is 51.6 Å². The van der Waals surface area contributed by atoms with Gasteiger partial charge in [-0.3, -0.25) is 4.68 Å². The Morgan fingerprint density at radius 1 is 1.43 bits per heavy atom. The molecule has 2 N–H and O–H groups in total. The van der Waals surface area contributed by atoms with Crippen LogP contribution in [-0.2, 0) is 0 Å². The summed E-state index contributed by atoms with van der Waals surface area (Å²) < 4.78 is 2.14. The number of hydrogen-bond acceptors (Lipinski definition) is 2. The van der Waals surface area contributed by atoms with Crippen molar-refractivity contribution in [1.29, 1.82) is 0 Å². The van der Waals surface area contributed by atoms with Crippen LogP contribution in [0.5, 0.6) is 0 Å². The lowest BCUT2D eigenvalue weighted by molar-refractivity contribution is 0.567. The Morgan fingerprint density at radius 3 is 2.50 bits per heavy atom. The molecule has 1 saturated carbocycles. The average molecular weight is 193 g/mol. The summed E-state index contributed by atoms with van der Waals surface area (Å²) in [6, 6.07) is 2.88. The lowest BCUT2D eigenvalue weighted by atomic mass is 10.1. The van der Waals surface area contributed by atoms with E-state index in [-0.39, 0.29) is 6.04 Å². The largest absolute Gasteiger partial charge is 0.323 e. The summed E-state index contributed by atoms with van der Waals surface area (Å²) in [6.45, 7) is 6.37. The molecule has 1 heterocycles. The first-order valence-corrected chi connectivity index (χ1v) is 5.44. The first kappa shape index (κ1) is 9.71. The predicted molar refractivity (Wildman–Crippen MR) is 57.2 cm³/mol. The van der Waals surface area contributed by atoms with Crippen LogP contribution in [0.1, 0.15) is 63.0 Å². The quantitative estimate of drug-likeness (QED) is 0.800. The standard InChI is InChI=1S/C11H19N3/c1-7(2)10-6-11(8(3)12)14(13-10)9-4-5-9/h6-9H,4-5,12H2,1-3H3/t8-/m0/s1. The number of nitrogens with two attached hydrogens (primary N) is 1. The Labute approximate surface area is 85.3 Å². The SMILES string of the molecule is CC(C)c1cc([C@H](C)N)n(C2CC2)n1. The van der Waals surface area contributed by atoms with Gasteiger partial charge in [0.1, 0.15) is 0 Å². The third-order valence-electron chi connectivity index (χ3n) is 2.73. The Bertz CT molecular complexity index is 302. The number of aromatic nitrogens is 2. The highest BCUT2D eigenvalue weighted by molar-refractivity contribution is 5.17. The van der Waals surface area contributed by atoms with E-state index in [4.69, 9.17) is 5.73 Å². The molecule has 0 unspecified atom stereocenters. The van der Waals surface area contributed by atoms with Crippen LogP contribution in [0, 0.1) is 0 Å². The van der Waals surface area contributed by atoms with Gasteiger partial charge in [-0.2, -0.15) is 5.10 Å². The molecule has 0 aliphatic heterocycles. The number of rotatable bonds is 3. The third-order valence-corrected chi connectivity index (χ3v) is 2.73. The van der Waals surface area contributed by atoms with E-state index >= 15 is 0 Å². The van der Waals surface area contributed by atoms with Crippen LogP contribution in [0.4, 0.5) is 0 Å². The molecule has 1 aromatic rings. The van der Waals surface area contributed by atoms with Crippen molar-refractivity contribution in [2.75, 3.05) is 0 Å². The Balaban J connectivity index is 2.35. The summed E-state index contributed by atoms with van der Waals surface area (Å²) in [5, 5.41) is 4.63. The van der Waals surface area contributed by atoms with Crippen LogP contribution < -0.4 is 5.73 Å². The van der Waals surface area contributed by atoms with Gasteiger partial charge in [0, 0.05) is 6.04 Å². The highest BCUT2D eigenvalue weighted by Gasteiger charge is 2.28. The monoisotopic (exact) mass is 193 g/mol. The molecule has 1 atom stereocenters. The van der Waals surface area contributed by atoms with E-state index in [1.165, 1.54) is 24.2 Å². The van der Waals surface area contributed by atoms with Crippen LogP contribution in [0.25, 0.3) is 0 Å². The van der Waals surface area contributed by atoms with Gasteiger partial charge in [-0.1, -0.05) is 13.8 Å². The van der Waals surface area contributed by atoms with Gasteiger partial charge in [0.05, 0.1) is 17.4 Å². The molecular weight excluding hydrogens is 174 g/mol. The van der Waals surface area contributed by atoms with Gasteiger partial charge in [0.2, 0.25) is 0 Å². The molecule has 0 saturated heterocycles. The second kappa shape index (κ2) is 3.39. The molecule has 0 amide bonds. The van der Waals surface area contributed by atoms with Crippen LogP contribution in [0.2, 0.25) is 0 Å². The molecule has 14 heavy (non-hydrogen) atoms. The minimum Gasteiger partial charge on any atom is -0.323 e. The van der Waals surface area contributed by atoms with Crippen molar-refractivity contribution in [3.63, 3.8) is 0 Å². The molecule has 1 fully saturated rings. The normalized spacial score (nSPS) is 18.9. The van der Waals surface area contributed by atoms with E-state index in [1.54, 1.807) is 0 Å². The fraction of sp³-hybridized carbons (Fsp3) is 0.727. The van der Waals surface area contributed by atoms with Crippen LogP contribution in [0.3, 0.4) is 0 Å². The Kier molecular flexibility index (Phi) is 2.35. The van der Waals surface area contributed by atoms with Gasteiger partial charge in [-0.25, -0.2) is 0 Å². The Morgan fingerprint density at radius 2 is 2.07 bits per heavy atom. The predicted octanol–water partition coefficient (Wildman–Crippen LogP) is 2.36. The van der Waals surface area contributed by atoms with Gasteiger partial charge < -0.3 is 5.73 Å². The molecule has 3 heteroatoms. The van der Waals surface area contributed by atoms with Gasteiger partial charge in [-0.05, 0) is 31.7 Å². The summed E-state index contributed by atoms with van der Waals surface area (Å²) in [4.78, 5) is 0. The van der Waals surface area contributed by atoms with Gasteiger partial charge >= 0.3 is 0 Å².